The Labute approximate surface area is 126 Å². The van der Waals surface area contributed by atoms with Gasteiger partial charge in [0.05, 0.1) is 5.69 Å². The standard InChI is InChI=1S/C15H17BrFN3/c16-13-10-11(17)6-7-14(13)19-15-18-8-9-20(15)12-4-2-1-3-5-12/h6-10,12H,1-5H2,(H,18,19). The average Bonchev–Trinajstić information content (AvgIpc) is 2.91. The normalized spacial score (nSPS) is 16.3. The largest absolute Gasteiger partial charge is 0.325 e. The Bertz CT molecular complexity index is 591. The van der Waals surface area contributed by atoms with Crippen LogP contribution in [0.15, 0.2) is 35.1 Å². The van der Waals surface area contributed by atoms with E-state index in [1.165, 1.54) is 44.2 Å². The van der Waals surface area contributed by atoms with Crippen molar-refractivity contribution in [2.24, 2.45) is 0 Å². The number of aromatic nitrogens is 2. The molecule has 1 fully saturated rings. The molecule has 2 aromatic rings. The van der Waals surface area contributed by atoms with E-state index in [1.54, 1.807) is 6.07 Å². The molecule has 0 aliphatic heterocycles. The minimum atomic E-state index is -0.252. The number of rotatable bonds is 3. The molecular formula is C15H17BrFN3. The van der Waals surface area contributed by atoms with Gasteiger partial charge in [-0.3, -0.25) is 0 Å². The molecule has 0 radical (unpaired) electrons. The van der Waals surface area contributed by atoms with E-state index in [1.807, 2.05) is 12.4 Å². The summed E-state index contributed by atoms with van der Waals surface area (Å²) in [7, 11) is 0. The Morgan fingerprint density at radius 2 is 2.05 bits per heavy atom. The van der Waals surface area contributed by atoms with Crippen LogP contribution in [-0.4, -0.2) is 9.55 Å². The second-order valence-electron chi connectivity index (χ2n) is 5.20. The maximum Gasteiger partial charge on any atom is 0.207 e. The van der Waals surface area contributed by atoms with E-state index in [9.17, 15) is 4.39 Å². The van der Waals surface area contributed by atoms with Crippen LogP contribution in [0.2, 0.25) is 0 Å². The molecule has 3 nitrogen and oxygen atoms in total. The van der Waals surface area contributed by atoms with Crippen LogP contribution in [0.1, 0.15) is 38.1 Å². The lowest BCUT2D eigenvalue weighted by Gasteiger charge is -2.24. The van der Waals surface area contributed by atoms with E-state index in [4.69, 9.17) is 0 Å². The molecule has 3 rings (SSSR count). The van der Waals surface area contributed by atoms with Gasteiger partial charge in [-0.1, -0.05) is 19.3 Å². The summed E-state index contributed by atoms with van der Waals surface area (Å²) in [5.41, 5.74) is 0.828. The summed E-state index contributed by atoms with van der Waals surface area (Å²) >= 11 is 3.37. The van der Waals surface area contributed by atoms with Crippen molar-refractivity contribution >= 4 is 27.6 Å². The Kier molecular flexibility index (Phi) is 4.05. The molecule has 1 aliphatic rings. The Morgan fingerprint density at radius 3 is 2.80 bits per heavy atom. The Morgan fingerprint density at radius 1 is 1.25 bits per heavy atom. The van der Waals surface area contributed by atoms with E-state index >= 15 is 0 Å². The van der Waals surface area contributed by atoms with Crippen LogP contribution in [0, 0.1) is 5.82 Å². The summed E-state index contributed by atoms with van der Waals surface area (Å²) in [5, 5.41) is 3.28. The van der Waals surface area contributed by atoms with Gasteiger partial charge in [-0.25, -0.2) is 9.37 Å². The van der Waals surface area contributed by atoms with Gasteiger partial charge in [-0.05, 0) is 47.0 Å². The molecule has 1 aromatic carbocycles. The van der Waals surface area contributed by atoms with Crippen molar-refractivity contribution < 1.29 is 4.39 Å². The number of anilines is 2. The fraction of sp³-hybridized carbons (Fsp3) is 0.400. The molecule has 106 valence electrons. The van der Waals surface area contributed by atoms with Crippen LogP contribution < -0.4 is 5.32 Å². The first-order valence-corrected chi connectivity index (χ1v) is 7.78. The fourth-order valence-corrected chi connectivity index (χ4v) is 3.22. The van der Waals surface area contributed by atoms with Gasteiger partial charge >= 0.3 is 0 Å². The summed E-state index contributed by atoms with van der Waals surface area (Å²) in [6, 6.07) is 5.14. The fourth-order valence-electron chi connectivity index (χ4n) is 2.78. The van der Waals surface area contributed by atoms with Crippen molar-refractivity contribution in [3.63, 3.8) is 0 Å². The van der Waals surface area contributed by atoms with Gasteiger partial charge in [0.1, 0.15) is 5.82 Å². The van der Waals surface area contributed by atoms with Gasteiger partial charge in [-0.2, -0.15) is 0 Å². The monoisotopic (exact) mass is 337 g/mol. The van der Waals surface area contributed by atoms with Crippen LogP contribution in [0.25, 0.3) is 0 Å². The first kappa shape index (κ1) is 13.6. The third kappa shape index (κ3) is 2.87. The predicted molar refractivity (Wildman–Crippen MR) is 81.7 cm³/mol. The molecule has 0 saturated heterocycles. The van der Waals surface area contributed by atoms with E-state index in [0.717, 1.165) is 11.6 Å². The lowest BCUT2D eigenvalue weighted by molar-refractivity contribution is 0.356. The first-order valence-electron chi connectivity index (χ1n) is 6.99. The van der Waals surface area contributed by atoms with E-state index in [2.05, 4.69) is 30.8 Å². The van der Waals surface area contributed by atoms with Crippen LogP contribution >= 0.6 is 15.9 Å². The van der Waals surface area contributed by atoms with Crippen molar-refractivity contribution in [2.45, 2.75) is 38.1 Å². The van der Waals surface area contributed by atoms with Crippen LogP contribution in [0.4, 0.5) is 16.0 Å². The minimum Gasteiger partial charge on any atom is -0.325 e. The number of nitrogens with one attached hydrogen (secondary N) is 1. The number of benzene rings is 1. The van der Waals surface area contributed by atoms with Gasteiger partial charge in [0, 0.05) is 22.9 Å². The SMILES string of the molecule is Fc1ccc(Nc2nccn2C2CCCCC2)c(Br)c1. The van der Waals surface area contributed by atoms with Crippen molar-refractivity contribution in [1.29, 1.82) is 0 Å². The third-order valence-corrected chi connectivity index (χ3v) is 4.47. The van der Waals surface area contributed by atoms with Crippen molar-refractivity contribution in [3.05, 3.63) is 40.9 Å². The first-order chi connectivity index (χ1) is 9.74. The molecule has 1 heterocycles. The summed E-state index contributed by atoms with van der Waals surface area (Å²) in [6.07, 6.45) is 10.1. The van der Waals surface area contributed by atoms with Gasteiger partial charge in [-0.15, -0.1) is 0 Å². The van der Waals surface area contributed by atoms with Crippen LogP contribution in [0.5, 0.6) is 0 Å². The summed E-state index contributed by atoms with van der Waals surface area (Å²) in [6.45, 7) is 0. The van der Waals surface area contributed by atoms with Gasteiger partial charge < -0.3 is 9.88 Å². The Hall–Kier alpha value is -1.36. The highest BCUT2D eigenvalue weighted by atomic mass is 79.9. The summed E-state index contributed by atoms with van der Waals surface area (Å²) in [5.74, 6) is 0.572. The van der Waals surface area contributed by atoms with Crippen LogP contribution in [-0.2, 0) is 0 Å². The highest BCUT2D eigenvalue weighted by molar-refractivity contribution is 9.10. The molecule has 1 aliphatic carbocycles. The molecule has 0 amide bonds. The summed E-state index contributed by atoms with van der Waals surface area (Å²) in [4.78, 5) is 4.39. The number of halogens is 2. The molecule has 5 heteroatoms. The number of imidazole rings is 1. The molecular weight excluding hydrogens is 321 g/mol. The Balaban J connectivity index is 1.82. The van der Waals surface area contributed by atoms with Gasteiger partial charge in [0.25, 0.3) is 0 Å². The molecule has 0 spiro atoms. The lowest BCUT2D eigenvalue weighted by atomic mass is 9.95. The van der Waals surface area contributed by atoms with Crippen molar-refractivity contribution in [1.82, 2.24) is 9.55 Å². The zero-order valence-corrected chi connectivity index (χ0v) is 12.7. The zero-order chi connectivity index (χ0) is 13.9. The molecule has 0 unspecified atom stereocenters. The second-order valence-corrected chi connectivity index (χ2v) is 6.05. The van der Waals surface area contributed by atoms with Crippen molar-refractivity contribution in [2.75, 3.05) is 5.32 Å². The maximum atomic E-state index is 13.1. The molecule has 1 N–H and O–H groups in total. The number of nitrogens with zero attached hydrogens (tertiary/aromatic N) is 2. The molecule has 20 heavy (non-hydrogen) atoms. The maximum absolute atomic E-state index is 13.1. The quantitative estimate of drug-likeness (QED) is 0.850. The molecule has 1 aromatic heterocycles. The third-order valence-electron chi connectivity index (χ3n) is 3.81. The minimum absolute atomic E-state index is 0.252. The zero-order valence-electron chi connectivity index (χ0n) is 11.1. The predicted octanol–water partition coefficient (Wildman–Crippen LogP) is 5.03. The molecule has 0 bridgehead atoms. The highest BCUT2D eigenvalue weighted by Crippen LogP contribution is 2.32. The van der Waals surface area contributed by atoms with Gasteiger partial charge in [0.15, 0.2) is 0 Å². The summed E-state index contributed by atoms with van der Waals surface area (Å²) < 4.78 is 16.0. The van der Waals surface area contributed by atoms with E-state index in [0.29, 0.717) is 10.5 Å². The number of hydrogen-bond donors (Lipinski definition) is 1. The van der Waals surface area contributed by atoms with Crippen LogP contribution in [0.3, 0.4) is 0 Å². The average molecular weight is 338 g/mol. The second kappa shape index (κ2) is 5.95. The smallest absolute Gasteiger partial charge is 0.207 e. The van der Waals surface area contributed by atoms with Crippen molar-refractivity contribution in [3.8, 4) is 0 Å². The highest BCUT2D eigenvalue weighted by Gasteiger charge is 2.18. The van der Waals surface area contributed by atoms with E-state index in [-0.39, 0.29) is 5.82 Å². The number of hydrogen-bond acceptors (Lipinski definition) is 2. The van der Waals surface area contributed by atoms with E-state index < -0.39 is 0 Å². The lowest BCUT2D eigenvalue weighted by Crippen LogP contribution is -2.14. The molecule has 1 saturated carbocycles. The molecule has 0 atom stereocenters. The van der Waals surface area contributed by atoms with Gasteiger partial charge in [0.2, 0.25) is 5.95 Å². The topological polar surface area (TPSA) is 29.9 Å².